The standard InChI is InChI=1S/C48H51NO18/c1-24-25(2)41(54)65-38-36(64-42(55)30-16-11-9-12-17-30)40(66-43(56)31-18-13-10-14-19-31)47(23-59-26(3)50)39(63-29(6)53)35(61-27(4)51)33-37(62-28(5)52)48(47,46(38,8)58)67-45(33,7)22-60-44(57)32-20-15-21-49-34(24)32/h9-21,24-25,33,35-40,58H,22-23H2,1-8H3/t24?,25?,33-,35-,36+,37-,38+,39-,40+,45+,46+,47-,48-/m1/s1. The van der Waals surface area contributed by atoms with Crippen LogP contribution < -0.4 is 0 Å². The monoisotopic (exact) mass is 929 g/mol. The predicted octanol–water partition coefficient (Wildman–Crippen LogP) is 3.62. The number of carbonyl (C=O) groups excluding carboxylic acids is 8. The summed E-state index contributed by atoms with van der Waals surface area (Å²) in [7, 11) is 0. The van der Waals surface area contributed by atoms with Crippen molar-refractivity contribution in [2.75, 3.05) is 13.2 Å². The Kier molecular flexibility index (Phi) is 13.1. The van der Waals surface area contributed by atoms with Crippen molar-refractivity contribution >= 4 is 47.8 Å². The van der Waals surface area contributed by atoms with Crippen molar-refractivity contribution < 1.29 is 86.1 Å². The number of ether oxygens (including phenoxy) is 9. The molecule has 2 unspecified atom stereocenters. The van der Waals surface area contributed by atoms with Gasteiger partial charge in [0.1, 0.15) is 42.0 Å². The number of nitrogens with zero attached hydrogens (tertiary/aromatic N) is 1. The van der Waals surface area contributed by atoms with Gasteiger partial charge in [0.15, 0.2) is 30.0 Å². The van der Waals surface area contributed by atoms with Gasteiger partial charge in [-0.25, -0.2) is 14.4 Å². The molecule has 2 aliphatic heterocycles. The Morgan fingerprint density at radius 1 is 0.687 bits per heavy atom. The van der Waals surface area contributed by atoms with Gasteiger partial charge >= 0.3 is 47.8 Å². The van der Waals surface area contributed by atoms with Gasteiger partial charge in [-0.2, -0.15) is 0 Å². The van der Waals surface area contributed by atoms with Gasteiger partial charge in [-0.1, -0.05) is 50.2 Å². The van der Waals surface area contributed by atoms with Crippen LogP contribution in [0.25, 0.3) is 0 Å². The zero-order chi connectivity index (χ0) is 48.8. The van der Waals surface area contributed by atoms with E-state index in [1.54, 1.807) is 19.1 Å². The number of rotatable bonds is 9. The Balaban J connectivity index is 1.65. The molecule has 13 atom stereocenters. The number of pyridine rings is 1. The highest BCUT2D eigenvalue weighted by Crippen LogP contribution is 2.70. The number of hydrogen-bond donors (Lipinski definition) is 1. The van der Waals surface area contributed by atoms with E-state index in [1.165, 1.54) is 80.7 Å². The highest BCUT2D eigenvalue weighted by atomic mass is 16.7. The molecule has 3 fully saturated rings. The lowest BCUT2D eigenvalue weighted by atomic mass is 9.45. The Bertz CT molecular complexity index is 2460. The fraction of sp³-hybridized carbons (Fsp3) is 0.479. The number of carbonyl (C=O) groups is 8. The third-order valence-corrected chi connectivity index (χ3v) is 13.3. The highest BCUT2D eigenvalue weighted by molar-refractivity contribution is 5.92. The van der Waals surface area contributed by atoms with E-state index in [9.17, 15) is 43.5 Å². The maximum absolute atomic E-state index is 14.8. The van der Waals surface area contributed by atoms with Crippen LogP contribution in [0.15, 0.2) is 79.0 Å². The van der Waals surface area contributed by atoms with Gasteiger partial charge in [0.25, 0.3) is 0 Å². The molecule has 67 heavy (non-hydrogen) atoms. The summed E-state index contributed by atoms with van der Waals surface area (Å²) in [5.74, 6) is -12.0. The van der Waals surface area contributed by atoms with Crippen LogP contribution in [0.5, 0.6) is 0 Å². The van der Waals surface area contributed by atoms with E-state index < -0.39 is 138 Å². The summed E-state index contributed by atoms with van der Waals surface area (Å²) in [5, 5.41) is 13.9. The Morgan fingerprint density at radius 2 is 1.24 bits per heavy atom. The summed E-state index contributed by atoms with van der Waals surface area (Å²) < 4.78 is 56.6. The van der Waals surface area contributed by atoms with Gasteiger partial charge < -0.3 is 47.7 Å². The summed E-state index contributed by atoms with van der Waals surface area (Å²) in [5.41, 5.74) is -10.7. The van der Waals surface area contributed by atoms with Crippen molar-refractivity contribution in [2.24, 2.45) is 17.3 Å². The topological polar surface area (TPSA) is 253 Å². The molecular formula is C48H51NO18. The van der Waals surface area contributed by atoms with Gasteiger partial charge in [-0.3, -0.25) is 29.0 Å². The Hall–Kier alpha value is -6.73. The van der Waals surface area contributed by atoms with Crippen LogP contribution in [0.4, 0.5) is 0 Å². The first-order valence-corrected chi connectivity index (χ1v) is 21.5. The summed E-state index contributed by atoms with van der Waals surface area (Å²) in [4.78, 5) is 116. The normalized spacial score (nSPS) is 34.1. The van der Waals surface area contributed by atoms with E-state index in [2.05, 4.69) is 4.98 Å². The second kappa shape index (κ2) is 18.2. The smallest absolute Gasteiger partial charge is 0.340 e. The summed E-state index contributed by atoms with van der Waals surface area (Å²) >= 11 is 0. The minimum atomic E-state index is -2.91. The van der Waals surface area contributed by atoms with Crippen LogP contribution in [-0.4, -0.2) is 124 Å². The lowest BCUT2D eigenvalue weighted by Crippen LogP contribution is -2.89. The van der Waals surface area contributed by atoms with Crippen LogP contribution in [0, 0.1) is 17.3 Å². The van der Waals surface area contributed by atoms with Gasteiger partial charge in [-0.15, -0.1) is 0 Å². The molecule has 356 valence electrons. The zero-order valence-corrected chi connectivity index (χ0v) is 38.0. The molecule has 0 radical (unpaired) electrons. The summed E-state index contributed by atoms with van der Waals surface area (Å²) in [6, 6.07) is 17.8. The molecule has 2 saturated carbocycles. The number of esters is 8. The van der Waals surface area contributed by atoms with Crippen molar-refractivity contribution in [2.45, 2.75) is 115 Å². The number of hydrogen-bond acceptors (Lipinski definition) is 19. The van der Waals surface area contributed by atoms with Crippen molar-refractivity contribution in [3.63, 3.8) is 0 Å². The van der Waals surface area contributed by atoms with Crippen LogP contribution in [0.1, 0.15) is 98.1 Å². The molecule has 3 aromatic rings. The lowest BCUT2D eigenvalue weighted by molar-refractivity contribution is -0.385. The molecule has 1 aromatic heterocycles. The largest absolute Gasteiger partial charge is 0.465 e. The fourth-order valence-electron chi connectivity index (χ4n) is 10.4. The van der Waals surface area contributed by atoms with E-state index in [0.717, 1.165) is 34.6 Å². The van der Waals surface area contributed by atoms with E-state index in [0.29, 0.717) is 0 Å². The maximum Gasteiger partial charge on any atom is 0.340 e. The molecule has 4 aliphatic rings. The van der Waals surface area contributed by atoms with Crippen LogP contribution in [-0.2, 0) is 66.6 Å². The van der Waals surface area contributed by atoms with E-state index >= 15 is 0 Å². The van der Waals surface area contributed by atoms with E-state index in [4.69, 9.17) is 42.6 Å². The predicted molar refractivity (Wildman–Crippen MR) is 225 cm³/mol. The number of fused-ring (bicyclic) bond motifs is 5. The quantitative estimate of drug-likeness (QED) is 0.238. The van der Waals surface area contributed by atoms with Gasteiger partial charge in [0.05, 0.1) is 34.2 Å². The molecule has 3 heterocycles. The third kappa shape index (κ3) is 8.17. The van der Waals surface area contributed by atoms with Crippen molar-refractivity contribution in [1.29, 1.82) is 0 Å². The first-order chi connectivity index (χ1) is 31.6. The van der Waals surface area contributed by atoms with E-state index in [1.807, 2.05) is 0 Å². The molecule has 1 saturated heterocycles. The SMILES string of the molecule is CC(=O)OC[C@]12[C@H](OC(C)=O)[C@H](OC(C)=O)[C@@H]3[C@@H](OC(C)=O)[C@]14O[C@@]3(C)COC(=O)c1cccnc1C(C)C(C)C(=O)O[C@@H]([C@H](OC(=O)c1ccccc1)[C@@H]2OC(=O)c1ccccc1)[C@]4(C)O. The average Bonchev–Trinajstić information content (AvgIpc) is 3.50. The van der Waals surface area contributed by atoms with Crippen molar-refractivity contribution in [1.82, 2.24) is 4.98 Å². The number of aromatic nitrogens is 1. The number of benzene rings is 2. The maximum atomic E-state index is 14.8. The first-order valence-electron chi connectivity index (χ1n) is 21.5. The molecule has 19 heteroatoms. The molecule has 0 amide bonds. The molecule has 7 rings (SSSR count). The van der Waals surface area contributed by atoms with E-state index in [-0.39, 0.29) is 22.4 Å². The van der Waals surface area contributed by atoms with Gasteiger partial charge in [0.2, 0.25) is 0 Å². The highest BCUT2D eigenvalue weighted by Gasteiger charge is 2.92. The summed E-state index contributed by atoms with van der Waals surface area (Å²) in [6.45, 7) is 7.70. The molecular weight excluding hydrogens is 879 g/mol. The second-order valence-corrected chi connectivity index (χ2v) is 17.7. The second-order valence-electron chi connectivity index (χ2n) is 17.7. The summed E-state index contributed by atoms with van der Waals surface area (Å²) in [6.07, 6.45) is -11.1. The van der Waals surface area contributed by atoms with Gasteiger partial charge in [0, 0.05) is 39.8 Å². The molecule has 2 aliphatic carbocycles. The fourth-order valence-corrected chi connectivity index (χ4v) is 10.4. The first kappa shape index (κ1) is 48.2. The number of aliphatic hydroxyl groups is 1. The van der Waals surface area contributed by atoms with Crippen molar-refractivity contribution in [3.8, 4) is 0 Å². The lowest BCUT2D eigenvalue weighted by Gasteiger charge is -2.67. The molecule has 2 aromatic carbocycles. The molecule has 4 bridgehead atoms. The molecule has 1 N–H and O–H groups in total. The van der Waals surface area contributed by atoms with Crippen LogP contribution >= 0.6 is 0 Å². The van der Waals surface area contributed by atoms with Crippen molar-refractivity contribution in [3.05, 3.63) is 101 Å². The van der Waals surface area contributed by atoms with Crippen LogP contribution in [0.3, 0.4) is 0 Å². The number of cyclic esters (lactones) is 1. The van der Waals surface area contributed by atoms with Crippen LogP contribution in [0.2, 0.25) is 0 Å². The zero-order valence-electron chi connectivity index (χ0n) is 38.0. The Morgan fingerprint density at radius 3 is 1.81 bits per heavy atom. The third-order valence-electron chi connectivity index (χ3n) is 13.3. The van der Waals surface area contributed by atoms with Gasteiger partial charge in [-0.05, 0) is 50.2 Å². The minimum absolute atomic E-state index is 0.0562. The molecule has 19 nitrogen and oxygen atoms in total. The Labute approximate surface area is 384 Å². The molecule has 1 spiro atoms. The average molecular weight is 930 g/mol. The minimum Gasteiger partial charge on any atom is -0.465 e.